The third-order valence-corrected chi connectivity index (χ3v) is 4.68. The Bertz CT molecular complexity index is 1280. The smallest absolute Gasteiger partial charge is 0.259 e. The van der Waals surface area contributed by atoms with Gasteiger partial charge in [0.05, 0.1) is 18.4 Å². The number of fused-ring (bicyclic) bond motifs is 1. The molecular formula is C22H18F2N4O2. The van der Waals surface area contributed by atoms with Gasteiger partial charge < -0.3 is 10.1 Å². The molecule has 4 aromatic rings. The van der Waals surface area contributed by atoms with Crippen LogP contribution in [0.25, 0.3) is 16.7 Å². The fourth-order valence-electron chi connectivity index (χ4n) is 3.27. The maximum absolute atomic E-state index is 14.0. The zero-order valence-corrected chi connectivity index (χ0v) is 16.5. The highest BCUT2D eigenvalue weighted by molar-refractivity contribution is 6.04. The molecule has 2 heterocycles. The lowest BCUT2D eigenvalue weighted by Crippen LogP contribution is -2.17. The lowest BCUT2D eigenvalue weighted by molar-refractivity contribution is 0.102. The van der Waals surface area contributed by atoms with E-state index in [1.54, 1.807) is 20.1 Å². The van der Waals surface area contributed by atoms with Gasteiger partial charge in [-0.3, -0.25) is 4.79 Å². The van der Waals surface area contributed by atoms with Gasteiger partial charge in [-0.05, 0) is 43.7 Å². The number of hydrogen-bond donors (Lipinski definition) is 1. The van der Waals surface area contributed by atoms with Crippen molar-refractivity contribution in [2.75, 3.05) is 12.4 Å². The first kappa shape index (κ1) is 19.5. The van der Waals surface area contributed by atoms with Gasteiger partial charge in [-0.1, -0.05) is 12.1 Å². The van der Waals surface area contributed by atoms with Crippen LogP contribution in [0.5, 0.6) is 5.75 Å². The lowest BCUT2D eigenvalue weighted by atomic mass is 10.1. The number of carbonyl (C=O) groups excluding carboxylic acids is 1. The van der Waals surface area contributed by atoms with Gasteiger partial charge in [0.2, 0.25) is 0 Å². The average molecular weight is 408 g/mol. The van der Waals surface area contributed by atoms with Crippen LogP contribution in [0.15, 0.2) is 48.5 Å². The lowest BCUT2D eigenvalue weighted by Gasteiger charge is -2.12. The molecule has 2 aromatic heterocycles. The molecule has 0 aliphatic rings. The summed E-state index contributed by atoms with van der Waals surface area (Å²) in [4.78, 5) is 17.2. The number of aryl methyl sites for hydroxylation is 2. The number of para-hydroxylation sites is 1. The van der Waals surface area contributed by atoms with E-state index in [1.165, 1.54) is 4.68 Å². The summed E-state index contributed by atoms with van der Waals surface area (Å²) in [6.45, 7) is 3.70. The van der Waals surface area contributed by atoms with Gasteiger partial charge in [-0.2, -0.15) is 9.78 Å². The van der Waals surface area contributed by atoms with Crippen molar-refractivity contribution in [1.82, 2.24) is 14.8 Å². The zero-order chi connectivity index (χ0) is 21.4. The number of amides is 1. The maximum atomic E-state index is 14.0. The number of halogens is 2. The van der Waals surface area contributed by atoms with E-state index < -0.39 is 17.5 Å². The minimum atomic E-state index is -0.945. The van der Waals surface area contributed by atoms with Gasteiger partial charge >= 0.3 is 0 Å². The van der Waals surface area contributed by atoms with E-state index in [-0.39, 0.29) is 5.56 Å². The molecule has 0 saturated carbocycles. The molecule has 4 rings (SSSR count). The summed E-state index contributed by atoms with van der Waals surface area (Å²) in [7, 11) is 1.57. The quantitative estimate of drug-likeness (QED) is 0.537. The minimum absolute atomic E-state index is 0.272. The predicted molar refractivity (Wildman–Crippen MR) is 109 cm³/mol. The average Bonchev–Trinajstić information content (AvgIpc) is 3.07. The number of nitrogens with zero attached hydrogens (tertiary/aromatic N) is 3. The van der Waals surface area contributed by atoms with Crippen molar-refractivity contribution in [3.63, 3.8) is 0 Å². The number of hydrogen-bond acceptors (Lipinski definition) is 4. The molecule has 0 radical (unpaired) electrons. The van der Waals surface area contributed by atoms with E-state index in [0.29, 0.717) is 34.7 Å². The molecule has 30 heavy (non-hydrogen) atoms. The Hall–Kier alpha value is -3.81. The van der Waals surface area contributed by atoms with Gasteiger partial charge in [0.25, 0.3) is 5.91 Å². The van der Waals surface area contributed by atoms with E-state index in [9.17, 15) is 13.6 Å². The molecule has 0 atom stereocenters. The van der Waals surface area contributed by atoms with Crippen LogP contribution in [0.1, 0.15) is 21.6 Å². The van der Waals surface area contributed by atoms with E-state index in [0.717, 1.165) is 23.1 Å². The number of aromatic nitrogens is 3. The normalized spacial score (nSPS) is 11.0. The summed E-state index contributed by atoms with van der Waals surface area (Å²) in [6, 6.07) is 11.9. The SMILES string of the molecule is COc1cccc2c(C)cc(-n3nc(C)cc3NC(=O)c3ccc(F)cc3F)nc12. The summed E-state index contributed by atoms with van der Waals surface area (Å²) in [5.41, 5.74) is 1.96. The van der Waals surface area contributed by atoms with Crippen LogP contribution >= 0.6 is 0 Å². The van der Waals surface area contributed by atoms with E-state index in [1.807, 2.05) is 31.2 Å². The highest BCUT2D eigenvalue weighted by Crippen LogP contribution is 2.28. The van der Waals surface area contributed by atoms with Crippen LogP contribution in [-0.2, 0) is 0 Å². The molecule has 0 aliphatic carbocycles. The maximum Gasteiger partial charge on any atom is 0.259 e. The number of rotatable bonds is 4. The Labute approximate surface area is 171 Å². The van der Waals surface area contributed by atoms with Crippen LogP contribution in [0.2, 0.25) is 0 Å². The predicted octanol–water partition coefficient (Wildman–Crippen LogP) is 4.58. The molecule has 8 heteroatoms. The Kier molecular flexibility index (Phi) is 4.91. The highest BCUT2D eigenvalue weighted by Gasteiger charge is 2.18. The van der Waals surface area contributed by atoms with Crippen molar-refractivity contribution in [2.45, 2.75) is 13.8 Å². The second kappa shape index (κ2) is 7.55. The highest BCUT2D eigenvalue weighted by atomic mass is 19.1. The molecule has 0 bridgehead atoms. The Morgan fingerprint density at radius 3 is 2.63 bits per heavy atom. The van der Waals surface area contributed by atoms with Gasteiger partial charge in [0.15, 0.2) is 5.82 Å². The van der Waals surface area contributed by atoms with Crippen molar-refractivity contribution in [3.05, 3.63) is 77.0 Å². The first-order valence-electron chi connectivity index (χ1n) is 9.15. The second-order valence-electron chi connectivity index (χ2n) is 6.81. The van der Waals surface area contributed by atoms with Crippen molar-refractivity contribution in [3.8, 4) is 11.6 Å². The monoisotopic (exact) mass is 408 g/mol. The standard InChI is InChI=1S/C22H18F2N4O2/c1-12-9-19(25-21-15(12)5-4-6-18(21)30-3)28-20(10-13(2)27-28)26-22(29)16-8-7-14(23)11-17(16)24/h4-11H,1-3H3,(H,26,29). The molecule has 0 unspecified atom stereocenters. The summed E-state index contributed by atoms with van der Waals surface area (Å²) in [6.07, 6.45) is 0. The summed E-state index contributed by atoms with van der Waals surface area (Å²) in [5, 5.41) is 7.97. The number of nitrogens with one attached hydrogen (secondary N) is 1. The molecule has 1 N–H and O–H groups in total. The number of pyridine rings is 1. The molecule has 152 valence electrons. The van der Waals surface area contributed by atoms with E-state index >= 15 is 0 Å². The number of methoxy groups -OCH3 is 1. The van der Waals surface area contributed by atoms with Crippen LogP contribution in [0.3, 0.4) is 0 Å². The Balaban J connectivity index is 1.78. The first-order valence-corrected chi connectivity index (χ1v) is 9.15. The minimum Gasteiger partial charge on any atom is -0.494 e. The number of benzene rings is 2. The largest absolute Gasteiger partial charge is 0.494 e. The third kappa shape index (κ3) is 3.47. The van der Waals surface area contributed by atoms with Gasteiger partial charge in [-0.25, -0.2) is 13.8 Å². The third-order valence-electron chi connectivity index (χ3n) is 4.68. The van der Waals surface area contributed by atoms with Crippen molar-refractivity contribution < 1.29 is 18.3 Å². The topological polar surface area (TPSA) is 69.0 Å². The molecule has 2 aromatic carbocycles. The van der Waals surface area contributed by atoms with E-state index in [2.05, 4.69) is 15.4 Å². The number of ether oxygens (including phenoxy) is 1. The van der Waals surface area contributed by atoms with Gasteiger partial charge in [0.1, 0.15) is 28.7 Å². The zero-order valence-electron chi connectivity index (χ0n) is 16.5. The van der Waals surface area contributed by atoms with Crippen LogP contribution in [-0.4, -0.2) is 27.8 Å². The number of carbonyl (C=O) groups is 1. The van der Waals surface area contributed by atoms with Crippen molar-refractivity contribution >= 4 is 22.6 Å². The Morgan fingerprint density at radius 2 is 1.90 bits per heavy atom. The molecule has 0 saturated heterocycles. The summed E-state index contributed by atoms with van der Waals surface area (Å²) < 4.78 is 34.0. The van der Waals surface area contributed by atoms with Gasteiger partial charge in [-0.15, -0.1) is 0 Å². The molecule has 6 nitrogen and oxygen atoms in total. The van der Waals surface area contributed by atoms with Crippen molar-refractivity contribution in [1.29, 1.82) is 0 Å². The summed E-state index contributed by atoms with van der Waals surface area (Å²) >= 11 is 0. The van der Waals surface area contributed by atoms with E-state index in [4.69, 9.17) is 4.74 Å². The number of anilines is 1. The molecule has 0 aliphatic heterocycles. The molecular weight excluding hydrogens is 390 g/mol. The van der Waals surface area contributed by atoms with Gasteiger partial charge in [0, 0.05) is 17.5 Å². The first-order chi connectivity index (χ1) is 14.4. The molecule has 1 amide bonds. The van der Waals surface area contributed by atoms with Crippen LogP contribution in [0, 0.1) is 25.5 Å². The Morgan fingerprint density at radius 1 is 1.10 bits per heavy atom. The summed E-state index contributed by atoms with van der Waals surface area (Å²) in [5.74, 6) is -1.03. The molecule has 0 spiro atoms. The van der Waals surface area contributed by atoms with Crippen molar-refractivity contribution in [2.24, 2.45) is 0 Å². The van der Waals surface area contributed by atoms with Crippen LogP contribution in [0.4, 0.5) is 14.6 Å². The second-order valence-corrected chi connectivity index (χ2v) is 6.81. The molecule has 0 fully saturated rings. The fraction of sp³-hybridized carbons (Fsp3) is 0.136. The van der Waals surface area contributed by atoms with Crippen LogP contribution < -0.4 is 10.1 Å². The fourth-order valence-corrected chi connectivity index (χ4v) is 3.27.